The lowest BCUT2D eigenvalue weighted by atomic mass is 10.0. The highest BCUT2D eigenvalue weighted by molar-refractivity contribution is 7.99. The van der Waals surface area contributed by atoms with Crippen LogP contribution < -0.4 is 10.6 Å². The van der Waals surface area contributed by atoms with Crippen LogP contribution in [0.3, 0.4) is 0 Å². The lowest BCUT2D eigenvalue weighted by Crippen LogP contribution is -2.24. The fourth-order valence-electron chi connectivity index (χ4n) is 2.58. The van der Waals surface area contributed by atoms with E-state index in [9.17, 15) is 0 Å². The molecule has 0 aliphatic carbocycles. The van der Waals surface area contributed by atoms with Crippen LogP contribution >= 0.6 is 11.8 Å². The van der Waals surface area contributed by atoms with Crippen LogP contribution in [0.25, 0.3) is 0 Å². The Bertz CT molecular complexity index is 582. The largest absolute Gasteiger partial charge is 0.399 e. The van der Waals surface area contributed by atoms with Crippen LogP contribution in [0.5, 0.6) is 0 Å². The van der Waals surface area contributed by atoms with Crippen LogP contribution in [0.1, 0.15) is 11.5 Å². The van der Waals surface area contributed by atoms with Crippen LogP contribution in [-0.4, -0.2) is 19.3 Å². The Morgan fingerprint density at radius 1 is 1.21 bits per heavy atom. The van der Waals surface area contributed by atoms with E-state index < -0.39 is 0 Å². The van der Waals surface area contributed by atoms with Gasteiger partial charge in [-0.2, -0.15) is 0 Å². The van der Waals surface area contributed by atoms with Gasteiger partial charge >= 0.3 is 0 Å². The van der Waals surface area contributed by atoms with E-state index in [1.54, 1.807) is 0 Å². The van der Waals surface area contributed by atoms with Crippen LogP contribution in [-0.2, 0) is 0 Å². The predicted octanol–water partition coefficient (Wildman–Crippen LogP) is 3.59. The number of nitrogens with zero attached hydrogens (tertiary/aromatic N) is 1. The van der Waals surface area contributed by atoms with Gasteiger partial charge in [-0.05, 0) is 29.8 Å². The number of rotatable bonds is 3. The third kappa shape index (κ3) is 2.56. The van der Waals surface area contributed by atoms with Crippen molar-refractivity contribution in [3.63, 3.8) is 0 Å². The van der Waals surface area contributed by atoms with Crippen molar-refractivity contribution in [3.8, 4) is 0 Å². The van der Waals surface area contributed by atoms with Gasteiger partial charge in [0.1, 0.15) is 0 Å². The van der Waals surface area contributed by atoms with Crippen LogP contribution in [0.4, 0.5) is 11.4 Å². The van der Waals surface area contributed by atoms with Gasteiger partial charge in [0.05, 0.1) is 0 Å². The van der Waals surface area contributed by atoms with E-state index in [-0.39, 0.29) is 0 Å². The molecule has 2 aromatic carbocycles. The molecule has 0 radical (unpaired) electrons. The molecular formula is C16H18N2S. The molecule has 0 saturated heterocycles. The smallest absolute Gasteiger partial charge is 0.0384 e. The summed E-state index contributed by atoms with van der Waals surface area (Å²) in [6.45, 7) is 1.04. The first-order valence-corrected chi connectivity index (χ1v) is 7.51. The summed E-state index contributed by atoms with van der Waals surface area (Å²) in [4.78, 5) is 3.73. The monoisotopic (exact) mass is 270 g/mol. The zero-order chi connectivity index (χ0) is 13.2. The molecule has 0 fully saturated rings. The average molecular weight is 270 g/mol. The molecule has 1 aliphatic rings. The van der Waals surface area contributed by atoms with Gasteiger partial charge < -0.3 is 10.6 Å². The van der Waals surface area contributed by atoms with Gasteiger partial charge in [-0.15, -0.1) is 11.8 Å². The minimum absolute atomic E-state index is 0.604. The SMILES string of the molecule is CN(CC1CSc2ccccc21)c1cccc(N)c1. The summed E-state index contributed by atoms with van der Waals surface area (Å²) >= 11 is 1.96. The van der Waals surface area contributed by atoms with Crippen molar-refractivity contribution in [1.29, 1.82) is 0 Å². The van der Waals surface area contributed by atoms with Crippen molar-refractivity contribution in [1.82, 2.24) is 0 Å². The van der Waals surface area contributed by atoms with Crippen molar-refractivity contribution >= 4 is 23.1 Å². The van der Waals surface area contributed by atoms with Gasteiger partial charge in [-0.25, -0.2) is 0 Å². The van der Waals surface area contributed by atoms with Gasteiger partial charge in [0, 0.05) is 41.5 Å². The van der Waals surface area contributed by atoms with Gasteiger partial charge in [-0.3, -0.25) is 0 Å². The number of likely N-dealkylation sites (N-methyl/N-ethyl adjacent to an activating group) is 1. The second-order valence-corrected chi connectivity index (χ2v) is 6.08. The average Bonchev–Trinajstić information content (AvgIpc) is 2.82. The lowest BCUT2D eigenvalue weighted by molar-refractivity contribution is 0.745. The van der Waals surface area contributed by atoms with Crippen LogP contribution in [0.2, 0.25) is 0 Å². The molecule has 98 valence electrons. The summed E-state index contributed by atoms with van der Waals surface area (Å²) in [6.07, 6.45) is 0. The zero-order valence-electron chi connectivity index (χ0n) is 11.0. The highest BCUT2D eigenvalue weighted by Crippen LogP contribution is 2.39. The maximum atomic E-state index is 5.85. The minimum Gasteiger partial charge on any atom is -0.399 e. The highest BCUT2D eigenvalue weighted by Gasteiger charge is 2.23. The molecule has 1 atom stereocenters. The Morgan fingerprint density at radius 2 is 2.05 bits per heavy atom. The van der Waals surface area contributed by atoms with Crippen molar-refractivity contribution in [2.24, 2.45) is 0 Å². The topological polar surface area (TPSA) is 29.3 Å². The van der Waals surface area contributed by atoms with Gasteiger partial charge in [-0.1, -0.05) is 24.3 Å². The Hall–Kier alpha value is -1.61. The van der Waals surface area contributed by atoms with Gasteiger partial charge in [0.25, 0.3) is 0 Å². The zero-order valence-corrected chi connectivity index (χ0v) is 11.9. The first kappa shape index (κ1) is 12.4. The summed E-state index contributed by atoms with van der Waals surface area (Å²) in [6, 6.07) is 16.8. The van der Waals surface area contributed by atoms with E-state index in [0.29, 0.717) is 5.92 Å². The Kier molecular flexibility index (Phi) is 3.38. The van der Waals surface area contributed by atoms with E-state index in [0.717, 1.165) is 12.2 Å². The molecule has 1 aliphatic heterocycles. The highest BCUT2D eigenvalue weighted by atomic mass is 32.2. The first-order chi connectivity index (χ1) is 9.24. The standard InChI is InChI=1S/C16H18N2S/c1-18(14-6-4-5-13(17)9-14)10-12-11-19-16-8-3-2-7-15(12)16/h2-9,12H,10-11,17H2,1H3. The number of fused-ring (bicyclic) bond motifs is 1. The Labute approximate surface area is 118 Å². The summed E-state index contributed by atoms with van der Waals surface area (Å²) in [5.74, 6) is 1.78. The van der Waals surface area contributed by atoms with Gasteiger partial charge in [0.15, 0.2) is 0 Å². The fourth-order valence-corrected chi connectivity index (χ4v) is 3.82. The van der Waals surface area contributed by atoms with E-state index in [4.69, 9.17) is 5.73 Å². The molecular weight excluding hydrogens is 252 g/mol. The maximum Gasteiger partial charge on any atom is 0.0384 e. The number of hydrogen-bond acceptors (Lipinski definition) is 3. The Morgan fingerprint density at radius 3 is 2.89 bits per heavy atom. The molecule has 19 heavy (non-hydrogen) atoms. The van der Waals surface area contributed by atoms with Crippen molar-refractivity contribution < 1.29 is 0 Å². The van der Waals surface area contributed by atoms with Crippen molar-refractivity contribution in [3.05, 3.63) is 54.1 Å². The maximum absolute atomic E-state index is 5.85. The second kappa shape index (κ2) is 5.17. The normalized spacial score (nSPS) is 17.2. The van der Waals surface area contributed by atoms with Crippen LogP contribution in [0, 0.1) is 0 Å². The summed E-state index contributed by atoms with van der Waals surface area (Å²) in [7, 11) is 2.14. The van der Waals surface area contributed by atoms with E-state index in [1.165, 1.54) is 21.9 Å². The molecule has 2 nitrogen and oxygen atoms in total. The third-order valence-electron chi connectivity index (χ3n) is 3.60. The van der Waals surface area contributed by atoms with Crippen molar-refractivity contribution in [2.75, 3.05) is 30.0 Å². The molecule has 0 aromatic heterocycles. The number of hydrogen-bond donors (Lipinski definition) is 1. The molecule has 0 bridgehead atoms. The van der Waals surface area contributed by atoms with E-state index in [2.05, 4.69) is 42.3 Å². The predicted molar refractivity (Wildman–Crippen MR) is 84.0 cm³/mol. The minimum atomic E-state index is 0.604. The molecule has 2 aromatic rings. The van der Waals surface area contributed by atoms with Crippen LogP contribution in [0.15, 0.2) is 53.4 Å². The quantitative estimate of drug-likeness (QED) is 0.864. The molecule has 0 saturated carbocycles. The summed E-state index contributed by atoms with van der Waals surface area (Å²) in [5.41, 5.74) is 9.35. The molecule has 0 spiro atoms. The molecule has 3 heteroatoms. The number of thioether (sulfide) groups is 1. The third-order valence-corrected chi connectivity index (χ3v) is 4.86. The van der Waals surface area contributed by atoms with Crippen molar-refractivity contribution in [2.45, 2.75) is 10.8 Å². The Balaban J connectivity index is 1.76. The number of anilines is 2. The number of benzene rings is 2. The summed E-state index contributed by atoms with van der Waals surface area (Å²) in [5, 5.41) is 0. The second-order valence-electron chi connectivity index (χ2n) is 5.02. The molecule has 3 rings (SSSR count). The van der Waals surface area contributed by atoms with E-state index >= 15 is 0 Å². The summed E-state index contributed by atoms with van der Waals surface area (Å²) < 4.78 is 0. The molecule has 1 heterocycles. The van der Waals surface area contributed by atoms with E-state index in [1.807, 2.05) is 30.0 Å². The number of nitrogens with two attached hydrogens (primary N) is 1. The molecule has 1 unspecified atom stereocenters. The molecule has 2 N–H and O–H groups in total. The fraction of sp³-hybridized carbons (Fsp3) is 0.250. The molecule has 0 amide bonds. The lowest BCUT2D eigenvalue weighted by Gasteiger charge is -2.23. The first-order valence-electron chi connectivity index (χ1n) is 6.52. The number of nitrogen functional groups attached to an aromatic ring is 1. The van der Waals surface area contributed by atoms with Gasteiger partial charge in [0.2, 0.25) is 0 Å².